The Hall–Kier alpha value is -1.92. The standard InChI is InChI=1S/C12H14ClN3O3/c1-8(17)16(7-6-14)12(19)11(18)15-10-5-3-2-4-9(10)13/h2-5H,6-7,14H2,1H3,(H,15,18). The van der Waals surface area contributed by atoms with E-state index in [1.165, 1.54) is 6.92 Å². The van der Waals surface area contributed by atoms with E-state index in [2.05, 4.69) is 5.32 Å². The third-order valence-corrected chi connectivity index (χ3v) is 2.62. The number of para-hydroxylation sites is 1. The summed E-state index contributed by atoms with van der Waals surface area (Å²) < 4.78 is 0. The van der Waals surface area contributed by atoms with Gasteiger partial charge in [-0.15, -0.1) is 0 Å². The summed E-state index contributed by atoms with van der Waals surface area (Å²) in [6, 6.07) is 6.48. The van der Waals surface area contributed by atoms with Gasteiger partial charge in [0.2, 0.25) is 5.91 Å². The van der Waals surface area contributed by atoms with E-state index >= 15 is 0 Å². The summed E-state index contributed by atoms with van der Waals surface area (Å²) in [5, 5.41) is 2.65. The number of halogens is 1. The third-order valence-electron chi connectivity index (χ3n) is 2.29. The number of rotatable bonds is 3. The first-order chi connectivity index (χ1) is 8.97. The van der Waals surface area contributed by atoms with Gasteiger partial charge in [-0.3, -0.25) is 19.3 Å². The number of hydrogen-bond acceptors (Lipinski definition) is 4. The molecule has 7 heteroatoms. The van der Waals surface area contributed by atoms with E-state index in [1.807, 2.05) is 0 Å². The first kappa shape index (κ1) is 15.1. The topological polar surface area (TPSA) is 92.5 Å². The fourth-order valence-electron chi connectivity index (χ4n) is 1.39. The van der Waals surface area contributed by atoms with Crippen LogP contribution in [0.5, 0.6) is 0 Å². The summed E-state index contributed by atoms with van der Waals surface area (Å²) in [4.78, 5) is 35.5. The maximum Gasteiger partial charge on any atom is 0.318 e. The summed E-state index contributed by atoms with van der Waals surface area (Å²) >= 11 is 5.85. The van der Waals surface area contributed by atoms with Gasteiger partial charge in [0.1, 0.15) is 0 Å². The number of hydrogen-bond donors (Lipinski definition) is 2. The number of carbonyl (C=O) groups excluding carboxylic acids is 3. The number of imide groups is 1. The summed E-state index contributed by atoms with van der Waals surface area (Å²) in [6.07, 6.45) is 0. The molecule has 0 heterocycles. The van der Waals surface area contributed by atoms with Crippen molar-refractivity contribution in [3.05, 3.63) is 29.3 Å². The molecule has 0 atom stereocenters. The van der Waals surface area contributed by atoms with Crippen LogP contribution in [0.3, 0.4) is 0 Å². The highest BCUT2D eigenvalue weighted by Crippen LogP contribution is 2.20. The zero-order valence-corrected chi connectivity index (χ0v) is 11.1. The summed E-state index contributed by atoms with van der Waals surface area (Å²) in [5.74, 6) is -2.43. The molecule has 0 saturated carbocycles. The number of nitrogens with one attached hydrogen (secondary N) is 1. The second-order valence-electron chi connectivity index (χ2n) is 3.70. The molecule has 1 rings (SSSR count). The summed E-state index contributed by atoms with van der Waals surface area (Å²) in [6.45, 7) is 1.27. The minimum Gasteiger partial charge on any atom is -0.329 e. The van der Waals surface area contributed by atoms with Gasteiger partial charge < -0.3 is 11.1 Å². The highest BCUT2D eigenvalue weighted by Gasteiger charge is 2.24. The van der Waals surface area contributed by atoms with Crippen molar-refractivity contribution >= 4 is 35.0 Å². The van der Waals surface area contributed by atoms with Crippen molar-refractivity contribution in [2.45, 2.75) is 6.92 Å². The quantitative estimate of drug-likeness (QED) is 0.795. The molecule has 0 spiro atoms. The van der Waals surface area contributed by atoms with Crippen LogP contribution in [-0.4, -0.2) is 35.7 Å². The molecule has 0 bridgehead atoms. The van der Waals surface area contributed by atoms with Gasteiger partial charge in [-0.05, 0) is 12.1 Å². The Labute approximate surface area is 115 Å². The number of nitrogens with two attached hydrogens (primary N) is 1. The monoisotopic (exact) mass is 283 g/mol. The minimum absolute atomic E-state index is 0.00981. The van der Waals surface area contributed by atoms with Crippen LogP contribution in [0, 0.1) is 0 Å². The van der Waals surface area contributed by atoms with Crippen LogP contribution < -0.4 is 11.1 Å². The SMILES string of the molecule is CC(=O)N(CCN)C(=O)C(=O)Nc1ccccc1Cl. The van der Waals surface area contributed by atoms with Gasteiger partial charge in [0, 0.05) is 20.0 Å². The summed E-state index contributed by atoms with van der Waals surface area (Å²) in [7, 11) is 0. The number of carbonyl (C=O) groups is 3. The van der Waals surface area contributed by atoms with Crippen LogP contribution in [0.4, 0.5) is 5.69 Å². The van der Waals surface area contributed by atoms with Crippen molar-refractivity contribution in [3.8, 4) is 0 Å². The molecule has 3 amide bonds. The largest absolute Gasteiger partial charge is 0.329 e. The fraction of sp³-hybridized carbons (Fsp3) is 0.250. The molecule has 0 aliphatic rings. The predicted molar refractivity (Wildman–Crippen MR) is 71.5 cm³/mol. The summed E-state index contributed by atoms with van der Waals surface area (Å²) in [5.41, 5.74) is 5.59. The zero-order chi connectivity index (χ0) is 14.4. The molecule has 0 fully saturated rings. The lowest BCUT2D eigenvalue weighted by Gasteiger charge is -2.17. The Bertz CT molecular complexity index is 505. The van der Waals surface area contributed by atoms with Crippen molar-refractivity contribution in [2.75, 3.05) is 18.4 Å². The second kappa shape index (κ2) is 6.86. The van der Waals surface area contributed by atoms with E-state index in [0.29, 0.717) is 10.7 Å². The average Bonchev–Trinajstić information content (AvgIpc) is 2.37. The molecule has 1 aromatic rings. The molecule has 0 aromatic heterocycles. The smallest absolute Gasteiger partial charge is 0.318 e. The van der Waals surface area contributed by atoms with Crippen LogP contribution in [0.15, 0.2) is 24.3 Å². The van der Waals surface area contributed by atoms with Gasteiger partial charge in [0.05, 0.1) is 10.7 Å². The Morgan fingerprint density at radius 2 is 1.95 bits per heavy atom. The molecular formula is C12H14ClN3O3. The van der Waals surface area contributed by atoms with E-state index in [9.17, 15) is 14.4 Å². The molecule has 19 heavy (non-hydrogen) atoms. The second-order valence-corrected chi connectivity index (χ2v) is 4.11. The van der Waals surface area contributed by atoms with Gasteiger partial charge in [0.25, 0.3) is 0 Å². The van der Waals surface area contributed by atoms with Crippen molar-refractivity contribution < 1.29 is 14.4 Å². The molecule has 0 aliphatic carbocycles. The Balaban J connectivity index is 2.80. The molecule has 0 radical (unpaired) electrons. The Morgan fingerprint density at radius 3 is 2.47 bits per heavy atom. The van der Waals surface area contributed by atoms with E-state index in [-0.39, 0.29) is 13.1 Å². The fourth-order valence-corrected chi connectivity index (χ4v) is 1.58. The molecule has 102 valence electrons. The molecule has 0 saturated heterocycles. The lowest BCUT2D eigenvalue weighted by Crippen LogP contribution is -2.44. The van der Waals surface area contributed by atoms with Crippen LogP contribution >= 0.6 is 11.6 Å². The molecule has 1 aromatic carbocycles. The van der Waals surface area contributed by atoms with E-state index in [0.717, 1.165) is 4.90 Å². The number of anilines is 1. The zero-order valence-electron chi connectivity index (χ0n) is 10.4. The number of amides is 3. The lowest BCUT2D eigenvalue weighted by molar-refractivity contribution is -0.149. The first-order valence-corrected chi connectivity index (χ1v) is 5.93. The van der Waals surface area contributed by atoms with Crippen LogP contribution in [0.1, 0.15) is 6.92 Å². The van der Waals surface area contributed by atoms with Gasteiger partial charge in [0.15, 0.2) is 0 Å². The predicted octanol–water partition coefficient (Wildman–Crippen LogP) is 0.612. The first-order valence-electron chi connectivity index (χ1n) is 5.55. The Kier molecular flexibility index (Phi) is 5.47. The normalized spacial score (nSPS) is 9.84. The van der Waals surface area contributed by atoms with Crippen molar-refractivity contribution in [3.63, 3.8) is 0 Å². The van der Waals surface area contributed by atoms with E-state index < -0.39 is 17.7 Å². The van der Waals surface area contributed by atoms with Gasteiger partial charge in [-0.1, -0.05) is 23.7 Å². The highest BCUT2D eigenvalue weighted by molar-refractivity contribution is 6.43. The lowest BCUT2D eigenvalue weighted by atomic mass is 10.3. The Morgan fingerprint density at radius 1 is 1.32 bits per heavy atom. The van der Waals surface area contributed by atoms with Gasteiger partial charge >= 0.3 is 11.8 Å². The van der Waals surface area contributed by atoms with E-state index in [1.54, 1.807) is 24.3 Å². The maximum atomic E-state index is 11.8. The van der Waals surface area contributed by atoms with Crippen molar-refractivity contribution in [1.29, 1.82) is 0 Å². The van der Waals surface area contributed by atoms with Gasteiger partial charge in [-0.25, -0.2) is 0 Å². The highest BCUT2D eigenvalue weighted by atomic mass is 35.5. The van der Waals surface area contributed by atoms with Gasteiger partial charge in [-0.2, -0.15) is 0 Å². The van der Waals surface area contributed by atoms with Crippen molar-refractivity contribution in [1.82, 2.24) is 4.90 Å². The van der Waals surface area contributed by atoms with E-state index in [4.69, 9.17) is 17.3 Å². The van der Waals surface area contributed by atoms with Crippen LogP contribution in [-0.2, 0) is 14.4 Å². The van der Waals surface area contributed by atoms with Crippen LogP contribution in [0.2, 0.25) is 5.02 Å². The number of nitrogens with zero attached hydrogens (tertiary/aromatic N) is 1. The molecular weight excluding hydrogens is 270 g/mol. The average molecular weight is 284 g/mol. The maximum absolute atomic E-state index is 11.8. The molecule has 0 unspecified atom stereocenters. The molecule has 6 nitrogen and oxygen atoms in total. The molecule has 0 aliphatic heterocycles. The molecule has 3 N–H and O–H groups in total. The van der Waals surface area contributed by atoms with Crippen molar-refractivity contribution in [2.24, 2.45) is 5.73 Å². The third kappa shape index (κ3) is 4.04. The minimum atomic E-state index is -0.960. The van der Waals surface area contributed by atoms with Crippen LogP contribution in [0.25, 0.3) is 0 Å². The number of benzene rings is 1.